The number of aromatic nitrogens is 4. The first-order valence-electron chi connectivity index (χ1n) is 10.8. The zero-order valence-electron chi connectivity index (χ0n) is 18.1. The van der Waals surface area contributed by atoms with Crippen molar-refractivity contribution in [1.29, 1.82) is 0 Å². The fraction of sp³-hybridized carbons (Fsp3) is 0.280. The second kappa shape index (κ2) is 8.36. The molecule has 1 amide bonds. The molecular weight excluding hydrogens is 422 g/mol. The molecule has 0 bridgehead atoms. The monoisotopic (exact) mass is 445 g/mol. The number of carbonyl (C=O) groups excluding carboxylic acids is 1. The zero-order valence-corrected chi connectivity index (χ0v) is 18.9. The summed E-state index contributed by atoms with van der Waals surface area (Å²) in [5.41, 5.74) is 5.17. The molecule has 0 radical (unpaired) electrons. The number of aryl methyl sites for hydroxylation is 2. The van der Waals surface area contributed by atoms with Gasteiger partial charge in [-0.3, -0.25) is 4.79 Å². The fourth-order valence-corrected chi connectivity index (χ4v) is 4.59. The molecule has 2 aromatic heterocycles. The summed E-state index contributed by atoms with van der Waals surface area (Å²) < 4.78 is 0. The van der Waals surface area contributed by atoms with E-state index in [4.69, 9.17) is 21.6 Å². The van der Waals surface area contributed by atoms with E-state index in [2.05, 4.69) is 9.97 Å². The number of carbonyl (C=O) groups is 1. The lowest BCUT2D eigenvalue weighted by atomic mass is 9.96. The van der Waals surface area contributed by atoms with E-state index in [1.807, 2.05) is 67.3 Å². The highest BCUT2D eigenvalue weighted by atomic mass is 35.5. The second-order valence-electron chi connectivity index (χ2n) is 8.41. The maximum Gasteiger partial charge on any atom is 0.253 e. The van der Waals surface area contributed by atoms with Crippen LogP contribution in [0.25, 0.3) is 22.3 Å². The first-order valence-corrected chi connectivity index (χ1v) is 11.2. The van der Waals surface area contributed by atoms with Crippen molar-refractivity contribution in [2.45, 2.75) is 32.6 Å². The van der Waals surface area contributed by atoms with E-state index < -0.39 is 0 Å². The summed E-state index contributed by atoms with van der Waals surface area (Å²) in [6, 6.07) is 15.3. The summed E-state index contributed by atoms with van der Waals surface area (Å²) in [4.78, 5) is 32.4. The van der Waals surface area contributed by atoms with Gasteiger partial charge < -0.3 is 9.88 Å². The van der Waals surface area contributed by atoms with E-state index in [9.17, 15) is 4.79 Å². The SMILES string of the molecule is Cc1cc(-c2cccc(Cl)c2)nc([C@@H]2CCCN(C(=O)c3ccc4nc(C)[nH]c4c3)C2)n1. The van der Waals surface area contributed by atoms with Crippen molar-refractivity contribution in [3.05, 3.63) is 76.5 Å². The fourth-order valence-electron chi connectivity index (χ4n) is 4.39. The number of amides is 1. The molecule has 6 nitrogen and oxygen atoms in total. The van der Waals surface area contributed by atoms with Crippen LogP contribution in [0.2, 0.25) is 5.02 Å². The Morgan fingerprint density at radius 2 is 1.97 bits per heavy atom. The van der Waals surface area contributed by atoms with Crippen LogP contribution in [0.4, 0.5) is 0 Å². The average molecular weight is 446 g/mol. The Balaban J connectivity index is 1.40. The van der Waals surface area contributed by atoms with Crippen LogP contribution in [0.1, 0.15) is 46.5 Å². The molecule has 4 aromatic rings. The van der Waals surface area contributed by atoms with Crippen molar-refractivity contribution < 1.29 is 4.79 Å². The lowest BCUT2D eigenvalue weighted by molar-refractivity contribution is 0.0704. The van der Waals surface area contributed by atoms with E-state index in [1.54, 1.807) is 0 Å². The molecule has 0 saturated carbocycles. The van der Waals surface area contributed by atoms with Crippen LogP contribution in [0, 0.1) is 13.8 Å². The number of nitrogens with zero attached hydrogens (tertiary/aromatic N) is 4. The minimum absolute atomic E-state index is 0.0339. The van der Waals surface area contributed by atoms with Crippen molar-refractivity contribution in [1.82, 2.24) is 24.8 Å². The van der Waals surface area contributed by atoms with Crippen LogP contribution in [-0.2, 0) is 0 Å². The van der Waals surface area contributed by atoms with E-state index in [0.29, 0.717) is 17.1 Å². The van der Waals surface area contributed by atoms with Gasteiger partial charge in [0.1, 0.15) is 11.6 Å². The molecule has 32 heavy (non-hydrogen) atoms. The zero-order chi connectivity index (χ0) is 22.2. The number of halogens is 1. The number of fused-ring (bicyclic) bond motifs is 1. The second-order valence-corrected chi connectivity index (χ2v) is 8.84. The third kappa shape index (κ3) is 4.10. The topological polar surface area (TPSA) is 74.8 Å². The van der Waals surface area contributed by atoms with Gasteiger partial charge in [-0.05, 0) is 63.1 Å². The van der Waals surface area contributed by atoms with Gasteiger partial charge in [0.05, 0.1) is 16.7 Å². The van der Waals surface area contributed by atoms with Crippen molar-refractivity contribution >= 4 is 28.5 Å². The van der Waals surface area contributed by atoms with Gasteiger partial charge in [-0.1, -0.05) is 23.7 Å². The summed E-state index contributed by atoms with van der Waals surface area (Å²) in [5.74, 6) is 1.77. The van der Waals surface area contributed by atoms with Gasteiger partial charge in [-0.25, -0.2) is 15.0 Å². The predicted octanol–water partition coefficient (Wildman–Crippen LogP) is 5.31. The number of hydrogen-bond acceptors (Lipinski definition) is 4. The van der Waals surface area contributed by atoms with E-state index in [1.165, 1.54) is 0 Å². The molecule has 5 rings (SSSR count). The van der Waals surface area contributed by atoms with Crippen LogP contribution < -0.4 is 0 Å². The summed E-state index contributed by atoms with van der Waals surface area (Å²) in [6.07, 6.45) is 1.88. The smallest absolute Gasteiger partial charge is 0.253 e. The Labute approximate surface area is 191 Å². The van der Waals surface area contributed by atoms with E-state index in [-0.39, 0.29) is 11.8 Å². The average Bonchev–Trinajstić information content (AvgIpc) is 3.17. The van der Waals surface area contributed by atoms with Gasteiger partial charge in [0.25, 0.3) is 5.91 Å². The lowest BCUT2D eigenvalue weighted by Crippen LogP contribution is -2.39. The molecule has 3 heterocycles. The maximum atomic E-state index is 13.3. The Morgan fingerprint density at radius 1 is 1.09 bits per heavy atom. The molecule has 162 valence electrons. The number of benzene rings is 2. The third-order valence-electron chi connectivity index (χ3n) is 5.91. The Kier molecular flexibility index (Phi) is 5.39. The lowest BCUT2D eigenvalue weighted by Gasteiger charge is -2.32. The largest absolute Gasteiger partial charge is 0.342 e. The summed E-state index contributed by atoms with van der Waals surface area (Å²) in [6.45, 7) is 5.24. The van der Waals surface area contributed by atoms with E-state index >= 15 is 0 Å². The van der Waals surface area contributed by atoms with E-state index in [0.717, 1.165) is 59.0 Å². The molecule has 1 aliphatic heterocycles. The standard InChI is InChI=1S/C25H24ClN5O/c1-15-11-22(17-5-3-7-20(26)12-17)30-24(27-15)19-6-4-10-31(14-19)25(32)18-8-9-21-23(13-18)29-16(2)28-21/h3,5,7-9,11-13,19H,4,6,10,14H2,1-2H3,(H,28,29)/t19-/m1/s1. The summed E-state index contributed by atoms with van der Waals surface area (Å²) >= 11 is 6.18. The first kappa shape index (κ1) is 20.6. The Bertz CT molecular complexity index is 1310. The van der Waals surface area contributed by atoms with Gasteiger partial charge >= 0.3 is 0 Å². The molecule has 7 heteroatoms. The van der Waals surface area contributed by atoms with Gasteiger partial charge in [0.15, 0.2) is 0 Å². The molecule has 1 atom stereocenters. The summed E-state index contributed by atoms with van der Waals surface area (Å²) in [5, 5.41) is 0.680. The van der Waals surface area contributed by atoms with Crippen LogP contribution in [0.3, 0.4) is 0 Å². The highest BCUT2D eigenvalue weighted by Crippen LogP contribution is 2.29. The molecule has 0 unspecified atom stereocenters. The molecule has 1 aliphatic rings. The normalized spacial score (nSPS) is 16.5. The van der Waals surface area contributed by atoms with Crippen molar-refractivity contribution in [3.63, 3.8) is 0 Å². The Morgan fingerprint density at radius 3 is 2.81 bits per heavy atom. The van der Waals surface area contributed by atoms with Crippen LogP contribution in [0.5, 0.6) is 0 Å². The molecule has 0 spiro atoms. The Hall–Kier alpha value is -3.25. The van der Waals surface area contributed by atoms with Crippen LogP contribution in [-0.4, -0.2) is 43.8 Å². The maximum absolute atomic E-state index is 13.3. The van der Waals surface area contributed by atoms with Crippen molar-refractivity contribution in [3.8, 4) is 11.3 Å². The molecule has 1 saturated heterocycles. The number of H-pyrrole nitrogens is 1. The van der Waals surface area contributed by atoms with Gasteiger partial charge in [0, 0.05) is 40.9 Å². The third-order valence-corrected chi connectivity index (χ3v) is 6.15. The van der Waals surface area contributed by atoms with Crippen molar-refractivity contribution in [2.75, 3.05) is 13.1 Å². The highest BCUT2D eigenvalue weighted by molar-refractivity contribution is 6.30. The summed E-state index contributed by atoms with van der Waals surface area (Å²) in [7, 11) is 0. The minimum atomic E-state index is 0.0339. The number of rotatable bonds is 3. The number of likely N-dealkylation sites (tertiary alicyclic amines) is 1. The number of piperidine rings is 1. The van der Waals surface area contributed by atoms with Gasteiger partial charge in [-0.2, -0.15) is 0 Å². The molecule has 2 aromatic carbocycles. The molecule has 0 aliphatic carbocycles. The number of imidazole rings is 1. The van der Waals surface area contributed by atoms with Gasteiger partial charge in [-0.15, -0.1) is 0 Å². The van der Waals surface area contributed by atoms with Crippen LogP contribution in [0.15, 0.2) is 48.5 Å². The number of aromatic amines is 1. The molecule has 1 fully saturated rings. The van der Waals surface area contributed by atoms with Crippen molar-refractivity contribution in [2.24, 2.45) is 0 Å². The highest BCUT2D eigenvalue weighted by Gasteiger charge is 2.28. The minimum Gasteiger partial charge on any atom is -0.342 e. The predicted molar refractivity (Wildman–Crippen MR) is 126 cm³/mol. The molecular formula is C25H24ClN5O. The van der Waals surface area contributed by atoms with Crippen LogP contribution >= 0.6 is 11.6 Å². The number of hydrogen-bond donors (Lipinski definition) is 1. The quantitative estimate of drug-likeness (QED) is 0.463. The van der Waals surface area contributed by atoms with Gasteiger partial charge in [0.2, 0.25) is 0 Å². The first-order chi connectivity index (χ1) is 15.5. The molecule has 1 N–H and O–H groups in total. The number of nitrogens with one attached hydrogen (secondary N) is 1.